The minimum Gasteiger partial charge on any atom is -0.482 e. The molecule has 1 fully saturated rings. The second-order valence-electron chi connectivity index (χ2n) is 6.02. The van der Waals surface area contributed by atoms with Gasteiger partial charge >= 0.3 is 5.97 Å². The fourth-order valence-corrected chi connectivity index (χ4v) is 6.48. The summed E-state index contributed by atoms with van der Waals surface area (Å²) in [5.74, 6) is 2.73. The highest BCUT2D eigenvalue weighted by molar-refractivity contribution is 8.16. The van der Waals surface area contributed by atoms with Gasteiger partial charge < -0.3 is 9.47 Å². The Balaban J connectivity index is 1.25. The van der Waals surface area contributed by atoms with Crippen molar-refractivity contribution >= 4 is 51.0 Å². The van der Waals surface area contributed by atoms with Crippen LogP contribution in [-0.2, 0) is 16.1 Å². The largest absolute Gasteiger partial charge is 0.482 e. The number of thiazole rings is 1. The molecule has 4 rings (SSSR count). The molecule has 0 aliphatic carbocycles. The van der Waals surface area contributed by atoms with Crippen LogP contribution in [0.1, 0.15) is 21.6 Å². The molecule has 0 atom stereocenters. The zero-order valence-electron chi connectivity index (χ0n) is 14.6. The number of para-hydroxylation sites is 1. The molecule has 0 spiro atoms. The number of fused-ring (bicyclic) bond motifs is 1. The lowest BCUT2D eigenvalue weighted by molar-refractivity contribution is -0.147. The molecule has 0 saturated carbocycles. The summed E-state index contributed by atoms with van der Waals surface area (Å²) < 4.78 is 12.4. The van der Waals surface area contributed by atoms with Crippen LogP contribution in [0.2, 0.25) is 0 Å². The lowest BCUT2D eigenvalue weighted by atomic mass is 10.2. The zero-order valence-corrected chi connectivity index (χ0v) is 17.1. The van der Waals surface area contributed by atoms with Crippen molar-refractivity contribution in [3.05, 3.63) is 59.1 Å². The van der Waals surface area contributed by atoms with E-state index in [4.69, 9.17) is 9.47 Å². The Labute approximate surface area is 170 Å². The number of esters is 1. The normalized spacial score (nSPS) is 15.0. The maximum absolute atomic E-state index is 11.9. The molecule has 2 heterocycles. The fourth-order valence-electron chi connectivity index (χ4n) is 2.71. The second-order valence-corrected chi connectivity index (χ2v) is 9.86. The highest BCUT2D eigenvalue weighted by atomic mass is 32.2. The minimum atomic E-state index is -0.392. The van der Waals surface area contributed by atoms with Crippen molar-refractivity contribution in [2.75, 3.05) is 18.1 Å². The van der Waals surface area contributed by atoms with E-state index in [9.17, 15) is 4.79 Å². The highest BCUT2D eigenvalue weighted by Gasteiger charge is 2.16. The van der Waals surface area contributed by atoms with Crippen molar-refractivity contribution in [3.63, 3.8) is 0 Å². The zero-order chi connectivity index (χ0) is 18.5. The molecule has 1 aromatic heterocycles. The van der Waals surface area contributed by atoms with E-state index in [1.807, 2.05) is 59.9 Å². The molecule has 4 nitrogen and oxygen atoms in total. The molecular weight excluding hydrogens is 398 g/mol. The van der Waals surface area contributed by atoms with E-state index in [0.29, 0.717) is 10.3 Å². The van der Waals surface area contributed by atoms with Crippen LogP contribution in [0, 0.1) is 0 Å². The Morgan fingerprint density at radius 1 is 1.07 bits per heavy atom. The molecule has 27 heavy (non-hydrogen) atoms. The van der Waals surface area contributed by atoms with Crippen molar-refractivity contribution in [1.82, 2.24) is 4.98 Å². The highest BCUT2D eigenvalue weighted by Crippen LogP contribution is 2.43. The molecule has 0 N–H and O–H groups in total. The monoisotopic (exact) mass is 417 g/mol. The lowest BCUT2D eigenvalue weighted by Crippen LogP contribution is -2.14. The molecule has 0 bridgehead atoms. The number of thioether (sulfide) groups is 2. The van der Waals surface area contributed by atoms with Crippen molar-refractivity contribution in [1.29, 1.82) is 0 Å². The SMILES string of the molecule is O=C(COc1ccc(C2SCCCS2)cc1)OCc1nc2ccccc2s1. The Morgan fingerprint density at radius 2 is 1.85 bits per heavy atom. The van der Waals surface area contributed by atoms with E-state index in [1.54, 1.807) is 0 Å². The Hall–Kier alpha value is -1.70. The van der Waals surface area contributed by atoms with Gasteiger partial charge in [0.05, 0.1) is 14.8 Å². The number of carbonyl (C=O) groups is 1. The van der Waals surface area contributed by atoms with Crippen LogP contribution in [0.4, 0.5) is 0 Å². The van der Waals surface area contributed by atoms with E-state index >= 15 is 0 Å². The smallest absolute Gasteiger partial charge is 0.344 e. The van der Waals surface area contributed by atoms with Gasteiger partial charge in [0.1, 0.15) is 17.4 Å². The van der Waals surface area contributed by atoms with Crippen LogP contribution < -0.4 is 4.74 Å². The average Bonchev–Trinajstić information content (AvgIpc) is 3.15. The first kappa shape index (κ1) is 18.7. The topological polar surface area (TPSA) is 48.4 Å². The molecule has 3 aromatic rings. The van der Waals surface area contributed by atoms with Crippen LogP contribution in [0.15, 0.2) is 48.5 Å². The maximum atomic E-state index is 11.9. The second kappa shape index (κ2) is 8.99. The van der Waals surface area contributed by atoms with Gasteiger partial charge in [0, 0.05) is 0 Å². The molecule has 0 radical (unpaired) electrons. The summed E-state index contributed by atoms with van der Waals surface area (Å²) >= 11 is 5.51. The van der Waals surface area contributed by atoms with Gasteiger partial charge in [-0.3, -0.25) is 0 Å². The predicted molar refractivity (Wildman–Crippen MR) is 114 cm³/mol. The number of ether oxygens (including phenoxy) is 2. The summed E-state index contributed by atoms with van der Waals surface area (Å²) in [4.78, 5) is 16.4. The number of aromatic nitrogens is 1. The third kappa shape index (κ3) is 4.97. The van der Waals surface area contributed by atoms with Gasteiger partial charge in [-0.2, -0.15) is 0 Å². The molecule has 1 saturated heterocycles. The van der Waals surface area contributed by atoms with Gasteiger partial charge in [-0.25, -0.2) is 9.78 Å². The summed E-state index contributed by atoms with van der Waals surface area (Å²) in [5.41, 5.74) is 2.23. The van der Waals surface area contributed by atoms with E-state index in [0.717, 1.165) is 15.2 Å². The Kier molecular flexibility index (Phi) is 6.21. The fraction of sp³-hybridized carbons (Fsp3) is 0.300. The van der Waals surface area contributed by atoms with E-state index < -0.39 is 5.97 Å². The number of nitrogens with zero attached hydrogens (tertiary/aromatic N) is 1. The van der Waals surface area contributed by atoms with Crippen LogP contribution in [0.3, 0.4) is 0 Å². The maximum Gasteiger partial charge on any atom is 0.344 e. The van der Waals surface area contributed by atoms with Gasteiger partial charge in [0.2, 0.25) is 0 Å². The number of hydrogen-bond acceptors (Lipinski definition) is 7. The lowest BCUT2D eigenvalue weighted by Gasteiger charge is -2.21. The third-order valence-corrected chi connectivity index (χ3v) is 8.06. The van der Waals surface area contributed by atoms with Crippen molar-refractivity contribution in [3.8, 4) is 5.75 Å². The molecule has 0 amide bonds. The molecular formula is C20H19NO3S3. The predicted octanol–water partition coefficient (Wildman–Crippen LogP) is 5.29. The van der Waals surface area contributed by atoms with E-state index in [2.05, 4.69) is 17.1 Å². The quantitative estimate of drug-likeness (QED) is 0.508. The van der Waals surface area contributed by atoms with Crippen LogP contribution >= 0.6 is 34.9 Å². The average molecular weight is 418 g/mol. The summed E-state index contributed by atoms with van der Waals surface area (Å²) in [7, 11) is 0. The van der Waals surface area contributed by atoms with E-state index in [1.165, 1.54) is 34.8 Å². The summed E-state index contributed by atoms with van der Waals surface area (Å²) in [6, 6.07) is 15.9. The first-order chi connectivity index (χ1) is 13.3. The molecule has 140 valence electrons. The van der Waals surface area contributed by atoms with Gasteiger partial charge in [-0.15, -0.1) is 34.9 Å². The van der Waals surface area contributed by atoms with E-state index in [-0.39, 0.29) is 13.2 Å². The van der Waals surface area contributed by atoms with Crippen LogP contribution in [0.25, 0.3) is 10.2 Å². The molecule has 1 aliphatic rings. The molecule has 1 aliphatic heterocycles. The van der Waals surface area contributed by atoms with Crippen molar-refractivity contribution in [2.45, 2.75) is 17.6 Å². The van der Waals surface area contributed by atoms with Crippen LogP contribution in [0.5, 0.6) is 5.75 Å². The third-order valence-electron chi connectivity index (χ3n) is 4.03. The van der Waals surface area contributed by atoms with Gasteiger partial charge in [-0.05, 0) is 47.8 Å². The van der Waals surface area contributed by atoms with Crippen molar-refractivity contribution < 1.29 is 14.3 Å². The van der Waals surface area contributed by atoms with Gasteiger partial charge in [0.15, 0.2) is 6.61 Å². The van der Waals surface area contributed by atoms with Crippen LogP contribution in [-0.4, -0.2) is 29.1 Å². The number of benzene rings is 2. The first-order valence-electron chi connectivity index (χ1n) is 8.74. The summed E-state index contributed by atoms with van der Waals surface area (Å²) in [5, 5.41) is 0.788. The van der Waals surface area contributed by atoms with Gasteiger partial charge in [-0.1, -0.05) is 24.3 Å². The minimum absolute atomic E-state index is 0.100. The number of hydrogen-bond donors (Lipinski definition) is 0. The van der Waals surface area contributed by atoms with Gasteiger partial charge in [0.25, 0.3) is 0 Å². The standard InChI is InChI=1S/C20H19NO3S3/c22-19(24-12-18-21-16-4-1-2-5-17(16)27-18)13-23-15-8-6-14(7-9-15)20-25-10-3-11-26-20/h1-2,4-9,20H,3,10-13H2. The molecule has 7 heteroatoms. The Morgan fingerprint density at radius 3 is 2.63 bits per heavy atom. The Bertz CT molecular complexity index is 871. The molecule has 2 aromatic carbocycles. The first-order valence-corrected chi connectivity index (χ1v) is 11.7. The number of rotatable bonds is 6. The number of carbonyl (C=O) groups excluding carboxylic acids is 1. The van der Waals surface area contributed by atoms with Crippen molar-refractivity contribution in [2.24, 2.45) is 0 Å². The molecule has 0 unspecified atom stereocenters. The summed E-state index contributed by atoms with van der Waals surface area (Å²) in [6.45, 7) is 0.0772. The summed E-state index contributed by atoms with van der Waals surface area (Å²) in [6.07, 6.45) is 1.28.